The molecule has 2 aromatic rings. The van der Waals surface area contributed by atoms with E-state index in [0.29, 0.717) is 30.5 Å². The maximum atomic E-state index is 13.3. The molecule has 0 atom stereocenters. The highest BCUT2D eigenvalue weighted by atomic mass is 127. The van der Waals surface area contributed by atoms with E-state index in [1.165, 1.54) is 12.1 Å². The summed E-state index contributed by atoms with van der Waals surface area (Å²) in [5, 5.41) is 6.42. The van der Waals surface area contributed by atoms with Gasteiger partial charge in [-0.1, -0.05) is 22.0 Å². The van der Waals surface area contributed by atoms with Crippen LogP contribution in [0.2, 0.25) is 0 Å². The Morgan fingerprint density at radius 1 is 1.07 bits per heavy atom. The van der Waals surface area contributed by atoms with Crippen LogP contribution < -0.4 is 20.1 Å². The second-order valence-electron chi connectivity index (χ2n) is 5.53. The Balaban J connectivity index is 0.00000364. The van der Waals surface area contributed by atoms with Crippen molar-refractivity contribution in [2.45, 2.75) is 13.0 Å². The maximum Gasteiger partial charge on any atom is 0.191 e. The third-order valence-corrected chi connectivity index (χ3v) is 4.61. The molecule has 0 aliphatic heterocycles. The Morgan fingerprint density at radius 3 is 2.48 bits per heavy atom. The minimum atomic E-state index is -0.263. The summed E-state index contributed by atoms with van der Waals surface area (Å²) in [7, 11) is 4.94. The van der Waals surface area contributed by atoms with Crippen LogP contribution in [-0.2, 0) is 13.0 Å². The topological polar surface area (TPSA) is 54.9 Å². The maximum absolute atomic E-state index is 13.3. The third-order valence-electron chi connectivity index (χ3n) is 3.83. The summed E-state index contributed by atoms with van der Waals surface area (Å²) in [5.74, 6) is 1.81. The van der Waals surface area contributed by atoms with Gasteiger partial charge in [0.15, 0.2) is 17.5 Å². The van der Waals surface area contributed by atoms with E-state index < -0.39 is 0 Å². The Bertz CT molecular complexity index is 775. The second-order valence-corrected chi connectivity index (χ2v) is 6.38. The van der Waals surface area contributed by atoms with Crippen molar-refractivity contribution < 1.29 is 13.9 Å². The Labute approximate surface area is 184 Å². The largest absolute Gasteiger partial charge is 0.493 e. The normalized spacial score (nSPS) is 10.8. The van der Waals surface area contributed by atoms with Gasteiger partial charge in [-0.2, -0.15) is 0 Å². The van der Waals surface area contributed by atoms with Crippen LogP contribution in [0.1, 0.15) is 11.1 Å². The number of guanidine groups is 1. The van der Waals surface area contributed by atoms with E-state index in [0.717, 1.165) is 22.0 Å². The van der Waals surface area contributed by atoms with E-state index in [9.17, 15) is 4.39 Å². The molecule has 0 aliphatic carbocycles. The van der Waals surface area contributed by atoms with Crippen LogP contribution in [0.15, 0.2) is 45.9 Å². The first-order valence-electron chi connectivity index (χ1n) is 8.16. The van der Waals surface area contributed by atoms with Gasteiger partial charge in [0.1, 0.15) is 5.82 Å². The summed E-state index contributed by atoms with van der Waals surface area (Å²) in [6.45, 7) is 1.16. The van der Waals surface area contributed by atoms with E-state index >= 15 is 0 Å². The fourth-order valence-electron chi connectivity index (χ4n) is 2.44. The van der Waals surface area contributed by atoms with Crippen molar-refractivity contribution >= 4 is 45.9 Å². The molecule has 2 N–H and O–H groups in total. The average molecular weight is 552 g/mol. The van der Waals surface area contributed by atoms with Crippen LogP contribution in [0.4, 0.5) is 4.39 Å². The second kappa shape index (κ2) is 12.0. The van der Waals surface area contributed by atoms with E-state index in [4.69, 9.17) is 9.47 Å². The number of hydrogen-bond acceptors (Lipinski definition) is 3. The van der Waals surface area contributed by atoms with E-state index in [2.05, 4.69) is 31.6 Å². The molecule has 5 nitrogen and oxygen atoms in total. The number of nitrogens with zero attached hydrogens (tertiary/aromatic N) is 1. The Morgan fingerprint density at radius 2 is 1.81 bits per heavy atom. The van der Waals surface area contributed by atoms with E-state index in [1.807, 2.05) is 18.2 Å². The predicted molar refractivity (Wildman–Crippen MR) is 121 cm³/mol. The van der Waals surface area contributed by atoms with Crippen molar-refractivity contribution in [2.24, 2.45) is 4.99 Å². The molecule has 0 saturated heterocycles. The van der Waals surface area contributed by atoms with Crippen molar-refractivity contribution in [1.29, 1.82) is 0 Å². The molecule has 2 aromatic carbocycles. The van der Waals surface area contributed by atoms with Crippen LogP contribution in [0.3, 0.4) is 0 Å². The van der Waals surface area contributed by atoms with Crippen LogP contribution in [0.5, 0.6) is 11.5 Å². The average Bonchev–Trinajstić information content (AvgIpc) is 2.66. The SMILES string of the molecule is CN=C(NCCc1ccc(OC)c(OC)c1)NCc1cc(F)ccc1Br.I. The summed E-state index contributed by atoms with van der Waals surface area (Å²) in [5.41, 5.74) is 1.95. The van der Waals surface area contributed by atoms with Gasteiger partial charge in [0.25, 0.3) is 0 Å². The first-order valence-corrected chi connectivity index (χ1v) is 8.96. The van der Waals surface area contributed by atoms with E-state index in [-0.39, 0.29) is 29.8 Å². The van der Waals surface area contributed by atoms with Gasteiger partial charge in [0.2, 0.25) is 0 Å². The summed E-state index contributed by atoms with van der Waals surface area (Å²) in [6, 6.07) is 10.5. The zero-order valence-corrected chi connectivity index (χ0v) is 19.4. The molecule has 2 rings (SSSR count). The van der Waals surface area contributed by atoms with Gasteiger partial charge in [-0.3, -0.25) is 4.99 Å². The number of benzene rings is 2. The van der Waals surface area contributed by atoms with Crippen LogP contribution in [0.25, 0.3) is 0 Å². The third kappa shape index (κ3) is 7.17. The molecule has 0 spiro atoms. The highest BCUT2D eigenvalue weighted by Gasteiger charge is 2.06. The lowest BCUT2D eigenvalue weighted by molar-refractivity contribution is 0.354. The van der Waals surface area contributed by atoms with Crippen molar-refractivity contribution in [2.75, 3.05) is 27.8 Å². The number of halogens is 3. The monoisotopic (exact) mass is 551 g/mol. The summed E-state index contributed by atoms with van der Waals surface area (Å²) >= 11 is 3.42. The molecule has 0 fully saturated rings. The molecular weight excluding hydrogens is 528 g/mol. The number of aliphatic imine (C=N–C) groups is 1. The highest BCUT2D eigenvalue weighted by molar-refractivity contribution is 14.0. The molecule has 0 aromatic heterocycles. The van der Waals surface area contributed by atoms with Gasteiger partial charge < -0.3 is 20.1 Å². The molecule has 0 amide bonds. The quantitative estimate of drug-likeness (QED) is 0.309. The zero-order valence-electron chi connectivity index (χ0n) is 15.5. The number of rotatable bonds is 7. The number of hydrogen-bond donors (Lipinski definition) is 2. The fourth-order valence-corrected chi connectivity index (χ4v) is 2.83. The molecule has 0 aliphatic rings. The minimum absolute atomic E-state index is 0. The zero-order chi connectivity index (χ0) is 18.9. The molecule has 0 unspecified atom stereocenters. The van der Waals surface area contributed by atoms with Gasteiger partial charge in [-0.05, 0) is 47.9 Å². The Hall–Kier alpha value is -1.55. The van der Waals surface area contributed by atoms with Crippen molar-refractivity contribution in [3.63, 3.8) is 0 Å². The van der Waals surface area contributed by atoms with Crippen molar-refractivity contribution in [3.8, 4) is 11.5 Å². The molecule has 0 heterocycles. The number of nitrogens with one attached hydrogen (secondary N) is 2. The lowest BCUT2D eigenvalue weighted by Crippen LogP contribution is -2.37. The van der Waals surface area contributed by atoms with Crippen molar-refractivity contribution in [3.05, 3.63) is 57.8 Å². The predicted octanol–water partition coefficient (Wildman–Crippen LogP) is 4.13. The van der Waals surface area contributed by atoms with Crippen molar-refractivity contribution in [1.82, 2.24) is 10.6 Å². The number of ether oxygens (including phenoxy) is 2. The summed E-state index contributed by atoms with van der Waals surface area (Å²) in [6.07, 6.45) is 0.796. The lowest BCUT2D eigenvalue weighted by Gasteiger charge is -2.13. The van der Waals surface area contributed by atoms with Gasteiger partial charge in [-0.15, -0.1) is 24.0 Å². The first-order chi connectivity index (χ1) is 12.6. The van der Waals surface area contributed by atoms with Gasteiger partial charge in [-0.25, -0.2) is 4.39 Å². The highest BCUT2D eigenvalue weighted by Crippen LogP contribution is 2.27. The lowest BCUT2D eigenvalue weighted by atomic mass is 10.1. The molecule has 0 radical (unpaired) electrons. The van der Waals surface area contributed by atoms with Gasteiger partial charge >= 0.3 is 0 Å². The van der Waals surface area contributed by atoms with Gasteiger partial charge in [0.05, 0.1) is 14.2 Å². The Kier molecular flexibility index (Phi) is 10.5. The smallest absolute Gasteiger partial charge is 0.191 e. The molecule has 27 heavy (non-hydrogen) atoms. The molecule has 0 bridgehead atoms. The van der Waals surface area contributed by atoms with E-state index in [1.54, 1.807) is 27.3 Å². The van der Waals surface area contributed by atoms with Crippen LogP contribution in [0, 0.1) is 5.82 Å². The molecule has 0 saturated carbocycles. The molecule has 148 valence electrons. The summed E-state index contributed by atoms with van der Waals surface area (Å²) in [4.78, 5) is 4.19. The number of methoxy groups -OCH3 is 2. The van der Waals surface area contributed by atoms with Crippen LogP contribution >= 0.6 is 39.9 Å². The molecule has 8 heteroatoms. The first kappa shape index (κ1) is 23.5. The standard InChI is InChI=1S/C19H23BrFN3O2.HI/c1-22-19(24-12-14-11-15(21)5-6-16(14)20)23-9-8-13-4-7-17(25-2)18(10-13)26-3;/h4-7,10-11H,8-9,12H2,1-3H3,(H2,22,23,24);1H. The fraction of sp³-hybridized carbons (Fsp3) is 0.316. The summed E-state index contributed by atoms with van der Waals surface area (Å²) < 4.78 is 24.8. The molecular formula is C19H24BrFIN3O2. The minimum Gasteiger partial charge on any atom is -0.493 e. The van der Waals surface area contributed by atoms with Gasteiger partial charge in [0, 0.05) is 24.6 Å². The van der Waals surface area contributed by atoms with Crippen LogP contribution in [-0.4, -0.2) is 33.8 Å².